The van der Waals surface area contributed by atoms with E-state index in [1.807, 2.05) is 13.8 Å². The van der Waals surface area contributed by atoms with Crippen LogP contribution in [0.3, 0.4) is 0 Å². The first kappa shape index (κ1) is 12.3. The van der Waals surface area contributed by atoms with E-state index in [9.17, 15) is 4.79 Å². The molecule has 92 valence electrons. The van der Waals surface area contributed by atoms with Crippen LogP contribution in [0.25, 0.3) is 0 Å². The number of rotatable bonds is 2. The first-order chi connectivity index (χ1) is 8.09. The van der Waals surface area contributed by atoms with Gasteiger partial charge in [0.2, 0.25) is 0 Å². The summed E-state index contributed by atoms with van der Waals surface area (Å²) in [6.07, 6.45) is 0. The number of aryl methyl sites for hydroxylation is 3. The van der Waals surface area contributed by atoms with E-state index in [0.29, 0.717) is 13.2 Å². The Labute approximate surface area is 102 Å². The van der Waals surface area contributed by atoms with Crippen LogP contribution in [0.1, 0.15) is 27.0 Å². The van der Waals surface area contributed by atoms with E-state index in [1.165, 1.54) is 5.56 Å². The number of hydrogen-bond acceptors (Lipinski definition) is 3. The third kappa shape index (κ3) is 2.56. The maximum atomic E-state index is 12.4. The Bertz CT molecular complexity index is 411. The van der Waals surface area contributed by atoms with Crippen LogP contribution in [-0.2, 0) is 4.74 Å². The number of morpholine rings is 1. The van der Waals surface area contributed by atoms with Gasteiger partial charge in [-0.25, -0.2) is 0 Å². The number of benzene rings is 1. The Balaban J connectivity index is 2.30. The number of ether oxygens (including phenoxy) is 1. The van der Waals surface area contributed by atoms with Gasteiger partial charge < -0.3 is 10.1 Å². The summed E-state index contributed by atoms with van der Waals surface area (Å²) >= 11 is 0. The zero-order valence-electron chi connectivity index (χ0n) is 10.7. The lowest BCUT2D eigenvalue weighted by atomic mass is 9.93. The third-order valence-electron chi connectivity index (χ3n) is 3.16. The van der Waals surface area contributed by atoms with Gasteiger partial charge in [-0.05, 0) is 31.9 Å². The Kier molecular flexibility index (Phi) is 3.60. The summed E-state index contributed by atoms with van der Waals surface area (Å²) < 4.78 is 5.34. The summed E-state index contributed by atoms with van der Waals surface area (Å²) in [5, 5.41) is 3.21. The van der Waals surface area contributed by atoms with Gasteiger partial charge >= 0.3 is 0 Å². The van der Waals surface area contributed by atoms with Crippen LogP contribution in [0.2, 0.25) is 0 Å². The van der Waals surface area contributed by atoms with E-state index in [1.54, 1.807) is 0 Å². The van der Waals surface area contributed by atoms with Crippen molar-refractivity contribution in [3.8, 4) is 0 Å². The van der Waals surface area contributed by atoms with Gasteiger partial charge in [-0.3, -0.25) is 4.79 Å². The standard InChI is InChI=1S/C14H19NO2/c1-9-6-10(2)13(11(3)7-9)14(16)12-8-17-5-4-15-12/h6-7,12,15H,4-5,8H2,1-3H3. The molecule has 0 radical (unpaired) electrons. The molecule has 1 heterocycles. The van der Waals surface area contributed by atoms with Gasteiger partial charge in [0.1, 0.15) is 0 Å². The maximum absolute atomic E-state index is 12.4. The topological polar surface area (TPSA) is 38.3 Å². The lowest BCUT2D eigenvalue weighted by molar-refractivity contribution is 0.0607. The average molecular weight is 233 g/mol. The first-order valence-electron chi connectivity index (χ1n) is 6.03. The minimum Gasteiger partial charge on any atom is -0.378 e. The van der Waals surface area contributed by atoms with Gasteiger partial charge in [0.05, 0.1) is 19.3 Å². The van der Waals surface area contributed by atoms with E-state index in [2.05, 4.69) is 24.4 Å². The predicted octanol–water partition coefficient (Wildman–Crippen LogP) is 1.78. The molecule has 3 nitrogen and oxygen atoms in total. The second kappa shape index (κ2) is 4.98. The lowest BCUT2D eigenvalue weighted by Gasteiger charge is -2.24. The summed E-state index contributed by atoms with van der Waals surface area (Å²) in [7, 11) is 0. The minimum absolute atomic E-state index is 0.153. The van der Waals surface area contributed by atoms with Crippen molar-refractivity contribution in [2.75, 3.05) is 19.8 Å². The summed E-state index contributed by atoms with van der Waals surface area (Å²) in [5.41, 5.74) is 4.16. The number of carbonyl (C=O) groups excluding carboxylic acids is 1. The van der Waals surface area contributed by atoms with Gasteiger partial charge in [-0.1, -0.05) is 17.7 Å². The SMILES string of the molecule is Cc1cc(C)c(C(=O)C2COCCN2)c(C)c1. The third-order valence-corrected chi connectivity index (χ3v) is 3.16. The number of carbonyl (C=O) groups is 1. The van der Waals surface area contributed by atoms with Gasteiger partial charge in [0.25, 0.3) is 0 Å². The van der Waals surface area contributed by atoms with Gasteiger partial charge in [0, 0.05) is 12.1 Å². The second-order valence-electron chi connectivity index (χ2n) is 4.72. The molecule has 1 saturated heterocycles. The highest BCUT2D eigenvalue weighted by molar-refractivity contribution is 6.02. The van der Waals surface area contributed by atoms with E-state index in [0.717, 1.165) is 23.2 Å². The highest BCUT2D eigenvalue weighted by atomic mass is 16.5. The van der Waals surface area contributed by atoms with E-state index in [-0.39, 0.29) is 11.8 Å². The van der Waals surface area contributed by atoms with Crippen LogP contribution < -0.4 is 5.32 Å². The molecule has 1 aromatic carbocycles. The van der Waals surface area contributed by atoms with Crippen LogP contribution in [0.15, 0.2) is 12.1 Å². The largest absolute Gasteiger partial charge is 0.378 e. The van der Waals surface area contributed by atoms with Gasteiger partial charge in [-0.15, -0.1) is 0 Å². The van der Waals surface area contributed by atoms with Crippen molar-refractivity contribution >= 4 is 5.78 Å². The highest BCUT2D eigenvalue weighted by Crippen LogP contribution is 2.18. The Morgan fingerprint density at radius 2 is 1.94 bits per heavy atom. The molecule has 0 aromatic heterocycles. The van der Waals surface area contributed by atoms with Crippen molar-refractivity contribution < 1.29 is 9.53 Å². The molecule has 1 aliphatic heterocycles. The molecule has 1 fully saturated rings. The molecule has 17 heavy (non-hydrogen) atoms. The number of ketones is 1. The Morgan fingerprint density at radius 3 is 2.47 bits per heavy atom. The fraction of sp³-hybridized carbons (Fsp3) is 0.500. The average Bonchev–Trinajstić information content (AvgIpc) is 2.28. The molecule has 0 bridgehead atoms. The zero-order chi connectivity index (χ0) is 12.4. The predicted molar refractivity (Wildman–Crippen MR) is 67.6 cm³/mol. The molecule has 3 heteroatoms. The van der Waals surface area contributed by atoms with Crippen LogP contribution >= 0.6 is 0 Å². The van der Waals surface area contributed by atoms with Crippen molar-refractivity contribution in [3.63, 3.8) is 0 Å². The summed E-state index contributed by atoms with van der Waals surface area (Å²) in [6.45, 7) is 7.96. The lowest BCUT2D eigenvalue weighted by Crippen LogP contribution is -2.46. The summed E-state index contributed by atoms with van der Waals surface area (Å²) in [6, 6.07) is 3.93. The van der Waals surface area contributed by atoms with Crippen LogP contribution in [0.4, 0.5) is 0 Å². The number of Topliss-reactive ketones (excluding diaryl/α,β-unsaturated/α-hetero) is 1. The zero-order valence-corrected chi connectivity index (χ0v) is 10.7. The molecular formula is C14H19NO2. The monoisotopic (exact) mass is 233 g/mol. The summed E-state index contributed by atoms with van der Waals surface area (Å²) in [5.74, 6) is 0.153. The van der Waals surface area contributed by atoms with Crippen molar-refractivity contribution in [3.05, 3.63) is 34.4 Å². The van der Waals surface area contributed by atoms with Crippen LogP contribution in [0, 0.1) is 20.8 Å². The van der Waals surface area contributed by atoms with Crippen molar-refractivity contribution in [2.24, 2.45) is 0 Å². The van der Waals surface area contributed by atoms with Gasteiger partial charge in [0.15, 0.2) is 5.78 Å². The molecule has 2 rings (SSSR count). The van der Waals surface area contributed by atoms with E-state index < -0.39 is 0 Å². The summed E-state index contributed by atoms with van der Waals surface area (Å²) in [4.78, 5) is 12.4. The second-order valence-corrected chi connectivity index (χ2v) is 4.72. The molecule has 0 spiro atoms. The number of nitrogens with one attached hydrogen (secondary N) is 1. The fourth-order valence-electron chi connectivity index (χ4n) is 2.48. The maximum Gasteiger partial charge on any atom is 0.182 e. The molecule has 1 aromatic rings. The van der Waals surface area contributed by atoms with E-state index in [4.69, 9.17) is 4.74 Å². The van der Waals surface area contributed by atoms with Crippen molar-refractivity contribution in [1.82, 2.24) is 5.32 Å². The molecular weight excluding hydrogens is 214 g/mol. The van der Waals surface area contributed by atoms with Crippen LogP contribution in [-0.4, -0.2) is 31.6 Å². The molecule has 1 unspecified atom stereocenters. The molecule has 1 atom stereocenters. The van der Waals surface area contributed by atoms with Crippen LogP contribution in [0.5, 0.6) is 0 Å². The highest BCUT2D eigenvalue weighted by Gasteiger charge is 2.24. The van der Waals surface area contributed by atoms with Crippen molar-refractivity contribution in [1.29, 1.82) is 0 Å². The number of hydrogen-bond donors (Lipinski definition) is 1. The Morgan fingerprint density at radius 1 is 1.29 bits per heavy atom. The fourth-order valence-corrected chi connectivity index (χ4v) is 2.48. The van der Waals surface area contributed by atoms with Gasteiger partial charge in [-0.2, -0.15) is 0 Å². The first-order valence-corrected chi connectivity index (χ1v) is 6.03. The van der Waals surface area contributed by atoms with Crippen molar-refractivity contribution in [2.45, 2.75) is 26.8 Å². The molecule has 1 aliphatic rings. The normalized spacial score (nSPS) is 20.3. The molecule has 0 amide bonds. The smallest absolute Gasteiger partial charge is 0.182 e. The van der Waals surface area contributed by atoms with E-state index >= 15 is 0 Å². The molecule has 0 aliphatic carbocycles. The molecule has 0 saturated carbocycles. The Hall–Kier alpha value is -1.19. The quantitative estimate of drug-likeness (QED) is 0.791. The molecule has 1 N–H and O–H groups in total. The minimum atomic E-state index is -0.191.